The standard InChI is InChI=1S/C13H19ClN2O3S/c1-18-11-7-12(19-2)10(6-8(11)14)16-13(17)9(15)4-5-20-3/h6-7,9H,4-5,15H2,1-3H3,(H,16,17)/t9-/m1/s1. The third kappa shape index (κ3) is 4.47. The van der Waals surface area contributed by atoms with Crippen LogP contribution >= 0.6 is 23.4 Å². The number of nitrogens with one attached hydrogen (secondary N) is 1. The van der Waals surface area contributed by atoms with Crippen molar-refractivity contribution < 1.29 is 14.3 Å². The number of halogens is 1. The summed E-state index contributed by atoms with van der Waals surface area (Å²) in [7, 11) is 3.02. The smallest absolute Gasteiger partial charge is 0.241 e. The zero-order valence-electron chi connectivity index (χ0n) is 11.7. The lowest BCUT2D eigenvalue weighted by Gasteiger charge is -2.15. The molecule has 20 heavy (non-hydrogen) atoms. The van der Waals surface area contributed by atoms with Gasteiger partial charge in [-0.25, -0.2) is 0 Å². The third-order valence-electron chi connectivity index (χ3n) is 2.70. The highest BCUT2D eigenvalue weighted by Crippen LogP contribution is 2.35. The van der Waals surface area contributed by atoms with Gasteiger partial charge in [0.05, 0.1) is 31.0 Å². The maximum Gasteiger partial charge on any atom is 0.241 e. The Morgan fingerprint density at radius 2 is 2.05 bits per heavy atom. The van der Waals surface area contributed by atoms with Crippen LogP contribution in [-0.2, 0) is 4.79 Å². The van der Waals surface area contributed by atoms with E-state index in [9.17, 15) is 4.79 Å². The van der Waals surface area contributed by atoms with Crippen molar-refractivity contribution >= 4 is 35.0 Å². The van der Waals surface area contributed by atoms with Crippen LogP contribution < -0.4 is 20.5 Å². The second-order valence-electron chi connectivity index (χ2n) is 4.06. The Morgan fingerprint density at radius 1 is 1.40 bits per heavy atom. The number of carbonyl (C=O) groups is 1. The summed E-state index contributed by atoms with van der Waals surface area (Å²) in [5.41, 5.74) is 6.29. The molecule has 0 aromatic heterocycles. The fourth-order valence-corrected chi connectivity index (χ4v) is 2.29. The number of hydrogen-bond donors (Lipinski definition) is 2. The van der Waals surface area contributed by atoms with Gasteiger partial charge in [0.1, 0.15) is 11.5 Å². The van der Waals surface area contributed by atoms with E-state index in [0.29, 0.717) is 28.6 Å². The summed E-state index contributed by atoms with van der Waals surface area (Å²) in [5.74, 6) is 1.51. The van der Waals surface area contributed by atoms with E-state index in [2.05, 4.69) is 5.32 Å². The van der Waals surface area contributed by atoms with Gasteiger partial charge in [-0.2, -0.15) is 11.8 Å². The second-order valence-corrected chi connectivity index (χ2v) is 5.46. The molecule has 0 aliphatic carbocycles. The van der Waals surface area contributed by atoms with Gasteiger partial charge in [-0.1, -0.05) is 11.6 Å². The molecule has 0 aliphatic heterocycles. The Labute approximate surface area is 128 Å². The van der Waals surface area contributed by atoms with E-state index >= 15 is 0 Å². The summed E-state index contributed by atoms with van der Waals surface area (Å²) in [5, 5.41) is 3.11. The van der Waals surface area contributed by atoms with Gasteiger partial charge in [0.25, 0.3) is 0 Å². The van der Waals surface area contributed by atoms with Crippen LogP contribution in [-0.4, -0.2) is 38.2 Å². The number of methoxy groups -OCH3 is 2. The van der Waals surface area contributed by atoms with Crippen molar-refractivity contribution in [2.45, 2.75) is 12.5 Å². The first-order valence-electron chi connectivity index (χ1n) is 6.00. The lowest BCUT2D eigenvalue weighted by molar-refractivity contribution is -0.117. The minimum absolute atomic E-state index is 0.265. The molecule has 1 amide bonds. The summed E-state index contributed by atoms with van der Waals surface area (Å²) in [6.07, 6.45) is 2.58. The Morgan fingerprint density at radius 3 is 2.60 bits per heavy atom. The van der Waals surface area contributed by atoms with Gasteiger partial charge in [0, 0.05) is 6.07 Å². The number of rotatable bonds is 7. The first-order chi connectivity index (χ1) is 9.53. The molecular weight excluding hydrogens is 300 g/mol. The van der Waals surface area contributed by atoms with Crippen LogP contribution in [0.3, 0.4) is 0 Å². The molecule has 112 valence electrons. The van der Waals surface area contributed by atoms with E-state index in [1.165, 1.54) is 14.2 Å². The van der Waals surface area contributed by atoms with Crippen LogP contribution in [0.1, 0.15) is 6.42 Å². The van der Waals surface area contributed by atoms with E-state index in [0.717, 1.165) is 5.75 Å². The number of benzene rings is 1. The maximum absolute atomic E-state index is 12.0. The molecule has 1 atom stereocenters. The lowest BCUT2D eigenvalue weighted by Crippen LogP contribution is -2.36. The number of carbonyl (C=O) groups excluding carboxylic acids is 1. The molecule has 0 fully saturated rings. The number of ether oxygens (including phenoxy) is 2. The van der Waals surface area contributed by atoms with Gasteiger partial charge in [0.15, 0.2) is 0 Å². The highest BCUT2D eigenvalue weighted by molar-refractivity contribution is 7.98. The van der Waals surface area contributed by atoms with Gasteiger partial charge in [-0.15, -0.1) is 0 Å². The quantitative estimate of drug-likeness (QED) is 0.807. The van der Waals surface area contributed by atoms with Crippen LogP contribution in [0.15, 0.2) is 12.1 Å². The summed E-state index contributed by atoms with van der Waals surface area (Å²) < 4.78 is 10.3. The Kier molecular flexibility index (Phi) is 6.98. The monoisotopic (exact) mass is 318 g/mol. The summed E-state index contributed by atoms with van der Waals surface area (Å²) in [6.45, 7) is 0. The van der Waals surface area contributed by atoms with Crippen molar-refractivity contribution in [1.29, 1.82) is 0 Å². The number of amides is 1. The van der Waals surface area contributed by atoms with Gasteiger partial charge in [-0.3, -0.25) is 4.79 Å². The third-order valence-corrected chi connectivity index (χ3v) is 3.64. The minimum Gasteiger partial charge on any atom is -0.495 e. The van der Waals surface area contributed by atoms with Gasteiger partial charge >= 0.3 is 0 Å². The molecule has 3 N–H and O–H groups in total. The van der Waals surface area contributed by atoms with E-state index < -0.39 is 6.04 Å². The number of thioether (sulfide) groups is 1. The van der Waals surface area contributed by atoms with Crippen LogP contribution in [0.25, 0.3) is 0 Å². The molecule has 0 unspecified atom stereocenters. The van der Waals surface area contributed by atoms with E-state index in [-0.39, 0.29) is 5.91 Å². The summed E-state index contributed by atoms with van der Waals surface area (Å²) in [6, 6.07) is 2.64. The van der Waals surface area contributed by atoms with E-state index in [1.807, 2.05) is 6.26 Å². The molecule has 0 saturated carbocycles. The molecule has 7 heteroatoms. The summed E-state index contributed by atoms with van der Waals surface area (Å²) >= 11 is 7.69. The molecule has 0 aliphatic rings. The van der Waals surface area contributed by atoms with E-state index in [1.54, 1.807) is 23.9 Å². The Bertz CT molecular complexity index is 471. The summed E-state index contributed by atoms with van der Waals surface area (Å²) in [4.78, 5) is 12.0. The van der Waals surface area contributed by atoms with Crippen LogP contribution in [0.2, 0.25) is 5.02 Å². The van der Waals surface area contributed by atoms with Gasteiger partial charge in [-0.05, 0) is 24.5 Å². The number of hydrogen-bond acceptors (Lipinski definition) is 5. The van der Waals surface area contributed by atoms with Crippen molar-refractivity contribution in [3.05, 3.63) is 17.2 Å². The Hall–Kier alpha value is -1.11. The van der Waals surface area contributed by atoms with Crippen molar-refractivity contribution in [1.82, 2.24) is 0 Å². The normalized spacial score (nSPS) is 11.8. The molecule has 0 saturated heterocycles. The minimum atomic E-state index is -0.562. The van der Waals surface area contributed by atoms with Gasteiger partial charge < -0.3 is 20.5 Å². The van der Waals surface area contributed by atoms with Crippen LogP contribution in [0, 0.1) is 0 Å². The predicted molar refractivity (Wildman–Crippen MR) is 84.2 cm³/mol. The van der Waals surface area contributed by atoms with Crippen LogP contribution in [0.5, 0.6) is 11.5 Å². The average Bonchev–Trinajstić information content (AvgIpc) is 2.44. The van der Waals surface area contributed by atoms with Gasteiger partial charge in [0.2, 0.25) is 5.91 Å². The number of anilines is 1. The molecule has 1 aromatic carbocycles. The van der Waals surface area contributed by atoms with Crippen molar-refractivity contribution in [2.24, 2.45) is 5.73 Å². The molecule has 5 nitrogen and oxygen atoms in total. The van der Waals surface area contributed by atoms with Crippen LogP contribution in [0.4, 0.5) is 5.69 Å². The zero-order valence-corrected chi connectivity index (χ0v) is 13.3. The molecular formula is C13H19ClN2O3S. The zero-order chi connectivity index (χ0) is 15.1. The molecule has 1 rings (SSSR count). The molecule has 0 heterocycles. The molecule has 0 radical (unpaired) electrons. The SMILES string of the molecule is COc1cc(OC)c(NC(=O)[C@H](N)CCSC)cc1Cl. The fourth-order valence-electron chi connectivity index (χ4n) is 1.56. The van der Waals surface area contributed by atoms with Crippen molar-refractivity contribution in [3.63, 3.8) is 0 Å². The van der Waals surface area contributed by atoms with Crippen molar-refractivity contribution in [3.8, 4) is 11.5 Å². The molecule has 0 bridgehead atoms. The average molecular weight is 319 g/mol. The lowest BCUT2D eigenvalue weighted by atomic mass is 10.2. The molecule has 1 aromatic rings. The fraction of sp³-hybridized carbons (Fsp3) is 0.462. The first kappa shape index (κ1) is 16.9. The predicted octanol–water partition coefficient (Wildman–Crippen LogP) is 2.38. The van der Waals surface area contributed by atoms with E-state index in [4.69, 9.17) is 26.8 Å². The second kappa shape index (κ2) is 8.24. The Balaban J connectivity index is 2.86. The topological polar surface area (TPSA) is 73.6 Å². The highest BCUT2D eigenvalue weighted by Gasteiger charge is 2.17. The first-order valence-corrected chi connectivity index (χ1v) is 7.77. The molecule has 0 spiro atoms. The highest BCUT2D eigenvalue weighted by atomic mass is 35.5. The largest absolute Gasteiger partial charge is 0.495 e. The maximum atomic E-state index is 12.0. The number of nitrogens with two attached hydrogens (primary N) is 1. The van der Waals surface area contributed by atoms with Crippen molar-refractivity contribution in [2.75, 3.05) is 31.5 Å².